The maximum absolute atomic E-state index is 11.1. The zero-order valence-electron chi connectivity index (χ0n) is 11.2. The highest BCUT2D eigenvalue weighted by Gasteiger charge is 2.21. The molecule has 0 saturated heterocycles. The summed E-state index contributed by atoms with van der Waals surface area (Å²) in [7, 11) is -4.31. The Balaban J connectivity index is 2.29. The van der Waals surface area contributed by atoms with E-state index in [0.717, 1.165) is 16.3 Å². The van der Waals surface area contributed by atoms with Gasteiger partial charge in [0, 0.05) is 6.54 Å². The number of hydrogen-bond donors (Lipinski definition) is 3. The molecule has 0 unspecified atom stereocenters. The summed E-state index contributed by atoms with van der Waals surface area (Å²) in [6.07, 6.45) is -0.581. The molecular weight excluding hydrogens is 293 g/mol. The van der Waals surface area contributed by atoms with Crippen molar-refractivity contribution in [3.8, 4) is 0 Å². The van der Waals surface area contributed by atoms with E-state index < -0.39 is 26.4 Å². The Morgan fingerprint density at radius 2 is 1.76 bits per heavy atom. The molecule has 0 spiro atoms. The van der Waals surface area contributed by atoms with Crippen molar-refractivity contribution in [3.63, 3.8) is 0 Å². The summed E-state index contributed by atoms with van der Waals surface area (Å²) in [5.74, 6) is -1.12. The Kier molecular flexibility index (Phi) is 4.75. The molecule has 0 amide bonds. The van der Waals surface area contributed by atoms with Gasteiger partial charge in [0.2, 0.25) is 0 Å². The number of carboxylic acids is 1. The van der Waals surface area contributed by atoms with E-state index in [0.29, 0.717) is 0 Å². The molecule has 6 nitrogen and oxygen atoms in total. The summed E-state index contributed by atoms with van der Waals surface area (Å²) in [5.41, 5.74) is 0.836. The SMILES string of the molecule is O=C(O)CN(Cc1cccc2ccccc12)CP(=O)(O)O. The van der Waals surface area contributed by atoms with Crippen LogP contribution in [0.1, 0.15) is 5.56 Å². The first-order valence-electron chi connectivity index (χ1n) is 6.30. The van der Waals surface area contributed by atoms with Crippen LogP contribution in [-0.4, -0.2) is 38.6 Å². The van der Waals surface area contributed by atoms with E-state index in [9.17, 15) is 9.36 Å². The molecule has 21 heavy (non-hydrogen) atoms. The van der Waals surface area contributed by atoms with Crippen LogP contribution in [0.4, 0.5) is 0 Å². The summed E-state index contributed by atoms with van der Waals surface area (Å²) in [6, 6.07) is 13.2. The average Bonchev–Trinajstić information content (AvgIpc) is 2.36. The lowest BCUT2D eigenvalue weighted by molar-refractivity contribution is -0.138. The molecule has 0 radical (unpaired) electrons. The highest BCUT2D eigenvalue weighted by molar-refractivity contribution is 7.51. The quantitative estimate of drug-likeness (QED) is 0.705. The van der Waals surface area contributed by atoms with Gasteiger partial charge in [-0.05, 0) is 16.3 Å². The molecule has 0 heterocycles. The van der Waals surface area contributed by atoms with Crippen LogP contribution in [0.25, 0.3) is 10.8 Å². The molecule has 0 bridgehead atoms. The highest BCUT2D eigenvalue weighted by Crippen LogP contribution is 2.35. The van der Waals surface area contributed by atoms with E-state index in [1.165, 1.54) is 4.90 Å². The number of nitrogens with zero attached hydrogens (tertiary/aromatic N) is 1. The first kappa shape index (κ1) is 15.7. The average molecular weight is 309 g/mol. The van der Waals surface area contributed by atoms with Crippen LogP contribution in [0.5, 0.6) is 0 Å². The monoisotopic (exact) mass is 309 g/mol. The number of carbonyl (C=O) groups is 1. The Labute approximate surface area is 121 Å². The first-order chi connectivity index (χ1) is 9.85. The van der Waals surface area contributed by atoms with E-state index in [4.69, 9.17) is 14.9 Å². The number of fused-ring (bicyclic) bond motifs is 1. The van der Waals surface area contributed by atoms with Crippen molar-refractivity contribution >= 4 is 24.3 Å². The van der Waals surface area contributed by atoms with Crippen LogP contribution in [-0.2, 0) is 15.9 Å². The predicted molar refractivity (Wildman–Crippen MR) is 78.9 cm³/mol. The van der Waals surface area contributed by atoms with E-state index in [2.05, 4.69) is 0 Å². The number of hydrogen-bond acceptors (Lipinski definition) is 3. The topological polar surface area (TPSA) is 98.1 Å². The molecule has 2 rings (SSSR count). The summed E-state index contributed by atoms with van der Waals surface area (Å²) in [5, 5.41) is 10.8. The summed E-state index contributed by atoms with van der Waals surface area (Å²) < 4.78 is 11.1. The normalized spacial score (nSPS) is 12.0. The van der Waals surface area contributed by atoms with Crippen molar-refractivity contribution in [3.05, 3.63) is 48.0 Å². The number of aliphatic carboxylic acids is 1. The molecular formula is C14H16NO5P. The van der Waals surface area contributed by atoms with Gasteiger partial charge in [-0.2, -0.15) is 0 Å². The van der Waals surface area contributed by atoms with Gasteiger partial charge in [0.15, 0.2) is 0 Å². The number of benzene rings is 2. The Morgan fingerprint density at radius 1 is 1.10 bits per heavy atom. The van der Waals surface area contributed by atoms with Gasteiger partial charge in [0.1, 0.15) is 6.29 Å². The van der Waals surface area contributed by atoms with Gasteiger partial charge in [-0.1, -0.05) is 42.5 Å². The van der Waals surface area contributed by atoms with Gasteiger partial charge in [-0.25, -0.2) is 0 Å². The first-order valence-corrected chi connectivity index (χ1v) is 8.10. The van der Waals surface area contributed by atoms with Gasteiger partial charge in [-0.15, -0.1) is 0 Å². The minimum Gasteiger partial charge on any atom is -0.480 e. The lowest BCUT2D eigenvalue weighted by atomic mass is 10.0. The molecule has 2 aromatic rings. The minimum atomic E-state index is -4.31. The van der Waals surface area contributed by atoms with Crippen LogP contribution in [0.3, 0.4) is 0 Å². The van der Waals surface area contributed by atoms with Crippen molar-refractivity contribution in [2.75, 3.05) is 12.8 Å². The second-order valence-electron chi connectivity index (χ2n) is 4.83. The van der Waals surface area contributed by atoms with Gasteiger partial charge in [0.25, 0.3) is 0 Å². The summed E-state index contributed by atoms with van der Waals surface area (Å²) in [6.45, 7) is -0.257. The van der Waals surface area contributed by atoms with Gasteiger partial charge in [-0.3, -0.25) is 14.3 Å². The smallest absolute Gasteiger partial charge is 0.339 e. The van der Waals surface area contributed by atoms with Gasteiger partial charge >= 0.3 is 13.6 Å². The second kappa shape index (κ2) is 6.37. The van der Waals surface area contributed by atoms with Crippen molar-refractivity contribution in [1.82, 2.24) is 4.90 Å². The fourth-order valence-corrected chi connectivity index (χ4v) is 3.00. The zero-order chi connectivity index (χ0) is 15.5. The maximum Gasteiger partial charge on any atom is 0.339 e. The molecule has 2 aromatic carbocycles. The third kappa shape index (κ3) is 4.65. The Bertz CT molecular complexity index is 691. The van der Waals surface area contributed by atoms with Crippen LogP contribution < -0.4 is 0 Å². The van der Waals surface area contributed by atoms with Crippen molar-refractivity contribution in [1.29, 1.82) is 0 Å². The molecule has 0 aliphatic heterocycles. The molecule has 3 N–H and O–H groups in total. The Hall–Kier alpha value is -1.72. The van der Waals surface area contributed by atoms with Crippen LogP contribution in [0, 0.1) is 0 Å². The van der Waals surface area contributed by atoms with Gasteiger partial charge in [0.05, 0.1) is 6.54 Å². The maximum atomic E-state index is 11.1. The van der Waals surface area contributed by atoms with E-state index >= 15 is 0 Å². The summed E-state index contributed by atoms with van der Waals surface area (Å²) in [4.78, 5) is 30.2. The zero-order valence-corrected chi connectivity index (χ0v) is 12.1. The van der Waals surface area contributed by atoms with E-state index in [-0.39, 0.29) is 6.54 Å². The fraction of sp³-hybridized carbons (Fsp3) is 0.214. The lowest BCUT2D eigenvalue weighted by Crippen LogP contribution is -2.30. The molecule has 0 aromatic heterocycles. The largest absolute Gasteiger partial charge is 0.480 e. The van der Waals surface area contributed by atoms with Crippen LogP contribution in [0.15, 0.2) is 42.5 Å². The standard InChI is InChI=1S/C14H16NO5P/c16-14(17)9-15(10-21(18,19)20)8-12-6-3-5-11-4-1-2-7-13(11)12/h1-7H,8-10H2,(H,16,17)(H2,18,19,20). The van der Waals surface area contributed by atoms with Crippen molar-refractivity contribution < 1.29 is 24.3 Å². The molecule has 0 aliphatic carbocycles. The van der Waals surface area contributed by atoms with Gasteiger partial charge < -0.3 is 14.9 Å². The highest BCUT2D eigenvalue weighted by atomic mass is 31.2. The molecule has 0 atom stereocenters. The van der Waals surface area contributed by atoms with E-state index in [1.807, 2.05) is 42.5 Å². The second-order valence-corrected chi connectivity index (χ2v) is 6.44. The van der Waals surface area contributed by atoms with Crippen LogP contribution in [0.2, 0.25) is 0 Å². The molecule has 0 aliphatic rings. The fourth-order valence-electron chi connectivity index (χ4n) is 2.28. The molecule has 112 valence electrons. The molecule has 0 saturated carbocycles. The number of carboxylic acid groups (broad SMARTS) is 1. The minimum absolute atomic E-state index is 0.165. The third-order valence-corrected chi connectivity index (χ3v) is 3.79. The molecule has 0 fully saturated rings. The molecule has 7 heteroatoms. The van der Waals surface area contributed by atoms with E-state index in [1.54, 1.807) is 0 Å². The third-order valence-electron chi connectivity index (χ3n) is 3.02. The lowest BCUT2D eigenvalue weighted by Gasteiger charge is -2.21. The van der Waals surface area contributed by atoms with Crippen LogP contribution >= 0.6 is 7.60 Å². The Morgan fingerprint density at radius 3 is 2.43 bits per heavy atom. The van der Waals surface area contributed by atoms with Crippen molar-refractivity contribution in [2.45, 2.75) is 6.54 Å². The van der Waals surface area contributed by atoms with Crippen molar-refractivity contribution in [2.24, 2.45) is 0 Å². The summed E-state index contributed by atoms with van der Waals surface area (Å²) >= 11 is 0. The number of rotatable bonds is 6. The predicted octanol–water partition coefficient (Wildman–Crippen LogP) is 1.86.